The van der Waals surface area contributed by atoms with Gasteiger partial charge < -0.3 is 10.1 Å². The van der Waals surface area contributed by atoms with Gasteiger partial charge in [0.25, 0.3) is 0 Å². The number of halogens is 1. The van der Waals surface area contributed by atoms with E-state index in [9.17, 15) is 14.1 Å². The first-order valence-electron chi connectivity index (χ1n) is 4.38. The Morgan fingerprint density at radius 3 is 2.50 bits per heavy atom. The second kappa shape index (κ2) is 8.43. The lowest BCUT2D eigenvalue weighted by Gasteiger charge is -2.02. The highest BCUT2D eigenvalue weighted by Gasteiger charge is 2.00. The predicted octanol–water partition coefficient (Wildman–Crippen LogP) is -0.0800. The third kappa shape index (κ3) is 7.48. The normalized spacial score (nSPS) is 9.57. The van der Waals surface area contributed by atoms with E-state index in [0.717, 1.165) is 5.54 Å². The van der Waals surface area contributed by atoms with Crippen LogP contribution in [0, 0.1) is 0 Å². The predicted molar refractivity (Wildman–Crippen MR) is 48.0 cm³/mol. The van der Waals surface area contributed by atoms with Crippen LogP contribution in [-0.4, -0.2) is 32.1 Å². The molecule has 0 aliphatic heterocycles. The fraction of sp³-hybridized carbons (Fsp3) is 0.750. The number of carbonyl (C=O) groups excluding carboxylic acids is 2. The quantitative estimate of drug-likeness (QED) is 0.452. The molecule has 0 atom stereocenters. The van der Waals surface area contributed by atoms with Gasteiger partial charge in [0, 0.05) is 20.1 Å². The molecule has 0 aliphatic rings. The van der Waals surface area contributed by atoms with Crippen LogP contribution in [-0.2, 0) is 14.3 Å². The zero-order chi connectivity index (χ0) is 10.8. The van der Waals surface area contributed by atoms with Crippen molar-refractivity contribution in [2.24, 2.45) is 0 Å². The number of hydrogen-bond acceptors (Lipinski definition) is 3. The summed E-state index contributed by atoms with van der Waals surface area (Å²) >= 11 is 0. The van der Waals surface area contributed by atoms with E-state index in [1.165, 1.54) is 0 Å². The van der Waals surface area contributed by atoms with E-state index < -0.39 is 5.91 Å². The first-order valence-corrected chi connectivity index (χ1v) is 4.38. The summed E-state index contributed by atoms with van der Waals surface area (Å²) in [5, 5.41) is 2.48. The number of hydrogen-bond donors (Lipinski definition) is 2. The number of amides is 2. The molecule has 0 bridgehead atoms. The second-order valence-electron chi connectivity index (χ2n) is 2.66. The molecule has 0 spiro atoms. The molecule has 14 heavy (non-hydrogen) atoms. The summed E-state index contributed by atoms with van der Waals surface area (Å²) in [6, 6.07) is 0. The van der Waals surface area contributed by atoms with E-state index >= 15 is 0 Å². The average Bonchev–Trinajstić information content (AvgIpc) is 2.22. The molecule has 2 N–H and O–H groups in total. The van der Waals surface area contributed by atoms with Crippen molar-refractivity contribution < 1.29 is 18.8 Å². The number of ether oxygens (including phenoxy) is 1. The maximum absolute atomic E-state index is 11.4. The van der Waals surface area contributed by atoms with Crippen molar-refractivity contribution in [3.05, 3.63) is 0 Å². The van der Waals surface area contributed by atoms with Crippen molar-refractivity contribution in [3.8, 4) is 0 Å². The fourth-order valence-corrected chi connectivity index (χ4v) is 0.774. The molecule has 0 aliphatic carbocycles. The van der Waals surface area contributed by atoms with Crippen LogP contribution in [0.2, 0.25) is 0 Å². The van der Waals surface area contributed by atoms with E-state index in [2.05, 4.69) is 5.32 Å². The first-order chi connectivity index (χ1) is 6.70. The van der Waals surface area contributed by atoms with Crippen LogP contribution in [0.15, 0.2) is 0 Å². The molecule has 0 rings (SSSR count). The Hall–Kier alpha value is -1.17. The smallest absolute Gasteiger partial charge is 0.249 e. The SMILES string of the molecule is CNC(=O)CCCOCCC(=O)NF. The molecule has 2 amide bonds. The van der Waals surface area contributed by atoms with Gasteiger partial charge in [0.1, 0.15) is 0 Å². The maximum Gasteiger partial charge on any atom is 0.249 e. The highest BCUT2D eigenvalue weighted by atomic mass is 19.2. The van der Waals surface area contributed by atoms with E-state index in [1.54, 1.807) is 7.05 Å². The summed E-state index contributed by atoms with van der Waals surface area (Å²) in [6.07, 6.45) is 0.985. The maximum atomic E-state index is 11.4. The topological polar surface area (TPSA) is 67.4 Å². The number of rotatable bonds is 7. The van der Waals surface area contributed by atoms with Gasteiger partial charge in [-0.25, -0.2) is 0 Å². The van der Waals surface area contributed by atoms with Gasteiger partial charge in [-0.05, 0) is 6.42 Å². The highest BCUT2D eigenvalue weighted by molar-refractivity contribution is 5.75. The van der Waals surface area contributed by atoms with Gasteiger partial charge in [0.2, 0.25) is 11.8 Å². The molecule has 0 radical (unpaired) electrons. The summed E-state index contributed by atoms with van der Waals surface area (Å²) in [7, 11) is 1.56. The molecule has 0 aromatic rings. The van der Waals surface area contributed by atoms with Crippen LogP contribution < -0.4 is 10.9 Å². The monoisotopic (exact) mass is 206 g/mol. The van der Waals surface area contributed by atoms with Crippen LogP contribution in [0.5, 0.6) is 0 Å². The lowest BCUT2D eigenvalue weighted by molar-refractivity contribution is -0.126. The van der Waals surface area contributed by atoms with Gasteiger partial charge in [0.05, 0.1) is 13.0 Å². The van der Waals surface area contributed by atoms with Crippen molar-refractivity contribution in [3.63, 3.8) is 0 Å². The Bertz CT molecular complexity index is 167. The molecule has 0 saturated heterocycles. The van der Waals surface area contributed by atoms with Gasteiger partial charge in [-0.1, -0.05) is 0 Å². The van der Waals surface area contributed by atoms with Crippen LogP contribution in [0.1, 0.15) is 19.3 Å². The van der Waals surface area contributed by atoms with Gasteiger partial charge in [-0.2, -0.15) is 5.54 Å². The molecule has 82 valence electrons. The van der Waals surface area contributed by atoms with E-state index in [0.29, 0.717) is 19.4 Å². The molecule has 0 unspecified atom stereocenters. The van der Waals surface area contributed by atoms with Crippen molar-refractivity contribution in [2.45, 2.75) is 19.3 Å². The van der Waals surface area contributed by atoms with Crippen LogP contribution >= 0.6 is 0 Å². The minimum atomic E-state index is -0.698. The molecule has 5 nitrogen and oxygen atoms in total. The summed E-state index contributed by atoms with van der Waals surface area (Å²) in [4.78, 5) is 21.1. The standard InChI is InChI=1S/C8H15FN2O3/c1-10-7(12)3-2-5-14-6-4-8(13)11-9/h2-6H2,1H3,(H,10,12)(H,11,13). The van der Waals surface area contributed by atoms with E-state index in [4.69, 9.17) is 4.74 Å². The third-order valence-corrected chi connectivity index (χ3v) is 1.55. The Morgan fingerprint density at radius 2 is 1.93 bits per heavy atom. The van der Waals surface area contributed by atoms with Gasteiger partial charge >= 0.3 is 0 Å². The summed E-state index contributed by atoms with van der Waals surface area (Å²) < 4.78 is 16.4. The lowest BCUT2D eigenvalue weighted by Crippen LogP contribution is -2.18. The fourth-order valence-electron chi connectivity index (χ4n) is 0.774. The molecule has 0 heterocycles. The van der Waals surface area contributed by atoms with Crippen LogP contribution in [0.3, 0.4) is 0 Å². The Kier molecular flexibility index (Phi) is 7.72. The molecule has 0 saturated carbocycles. The zero-order valence-corrected chi connectivity index (χ0v) is 8.14. The van der Waals surface area contributed by atoms with Gasteiger partial charge in [0.15, 0.2) is 0 Å². The van der Waals surface area contributed by atoms with Crippen molar-refractivity contribution in [1.29, 1.82) is 0 Å². The number of nitrogens with one attached hydrogen (secondary N) is 2. The van der Waals surface area contributed by atoms with Gasteiger partial charge in [-0.3, -0.25) is 9.59 Å². The molecular formula is C8H15FN2O3. The largest absolute Gasteiger partial charge is 0.381 e. The zero-order valence-electron chi connectivity index (χ0n) is 8.14. The van der Waals surface area contributed by atoms with Crippen LogP contribution in [0.25, 0.3) is 0 Å². The summed E-state index contributed by atoms with van der Waals surface area (Å²) in [6.45, 7) is 0.566. The van der Waals surface area contributed by atoms with Crippen molar-refractivity contribution >= 4 is 11.8 Å². The molecular weight excluding hydrogens is 191 g/mol. The van der Waals surface area contributed by atoms with Crippen molar-refractivity contribution in [1.82, 2.24) is 10.9 Å². The van der Waals surface area contributed by atoms with Gasteiger partial charge in [-0.15, -0.1) is 4.48 Å². The third-order valence-electron chi connectivity index (χ3n) is 1.55. The second-order valence-corrected chi connectivity index (χ2v) is 2.66. The Labute approximate surface area is 81.9 Å². The van der Waals surface area contributed by atoms with E-state index in [1.807, 2.05) is 0 Å². The molecule has 0 fully saturated rings. The summed E-state index contributed by atoms with van der Waals surface area (Å²) in [5.74, 6) is -0.744. The summed E-state index contributed by atoms with van der Waals surface area (Å²) in [5.41, 5.74) is 1.00. The minimum Gasteiger partial charge on any atom is -0.381 e. The van der Waals surface area contributed by atoms with E-state index in [-0.39, 0.29) is 18.9 Å². The first kappa shape index (κ1) is 12.8. The molecule has 0 aromatic carbocycles. The number of carbonyl (C=O) groups is 2. The minimum absolute atomic E-state index is 0.00350. The highest BCUT2D eigenvalue weighted by Crippen LogP contribution is 1.91. The van der Waals surface area contributed by atoms with Crippen LogP contribution in [0.4, 0.5) is 4.48 Å². The average molecular weight is 206 g/mol. The molecule has 6 heteroatoms. The van der Waals surface area contributed by atoms with Crippen molar-refractivity contribution in [2.75, 3.05) is 20.3 Å². The lowest BCUT2D eigenvalue weighted by atomic mass is 10.3. The Morgan fingerprint density at radius 1 is 1.21 bits per heavy atom. The Balaban J connectivity index is 3.14. The molecule has 0 aromatic heterocycles.